The minimum absolute atomic E-state index is 0. The van der Waals surface area contributed by atoms with Gasteiger partial charge in [-0.25, -0.2) is 0 Å². The molecule has 1 aliphatic heterocycles. The van der Waals surface area contributed by atoms with Crippen molar-refractivity contribution in [2.75, 3.05) is 26.3 Å². The zero-order valence-electron chi connectivity index (χ0n) is 5.81. The fourth-order valence-corrected chi connectivity index (χ4v) is 0.580. The molecule has 0 aromatic carbocycles. The summed E-state index contributed by atoms with van der Waals surface area (Å²) in [5.41, 5.74) is 0. The molecule has 1 fully saturated rings. The molecule has 0 unspecified atom stereocenters. The van der Waals surface area contributed by atoms with E-state index in [4.69, 9.17) is 4.74 Å². The average Bonchev–Trinajstić information content (AvgIpc) is 1.72. The van der Waals surface area contributed by atoms with E-state index in [1.807, 2.05) is 0 Å². The molecule has 1 saturated heterocycles. The third-order valence-corrected chi connectivity index (χ3v) is 0.933. The van der Waals surface area contributed by atoms with Gasteiger partial charge in [0.2, 0.25) is 0 Å². The van der Waals surface area contributed by atoms with Crippen LogP contribution in [0.15, 0.2) is 0 Å². The van der Waals surface area contributed by atoms with Gasteiger partial charge in [0, 0.05) is 0 Å². The van der Waals surface area contributed by atoms with Gasteiger partial charge in [-0.1, -0.05) is 0 Å². The second-order valence-corrected chi connectivity index (χ2v) is 1.48. The quantitative estimate of drug-likeness (QED) is 0.397. The van der Waals surface area contributed by atoms with Crippen molar-refractivity contribution in [1.29, 1.82) is 0 Å². The monoisotopic (exact) mass is 90.1 g/mol. The van der Waals surface area contributed by atoms with Crippen LogP contribution < -0.4 is 5.32 Å². The largest absolute Gasteiger partial charge is 1.00 e. The molecule has 2 N–H and O–H groups in total. The maximum absolute atomic E-state index is 5.04. The lowest BCUT2D eigenvalue weighted by molar-refractivity contribution is -0.670. The number of hydrogen-bond acceptors (Lipinski definition) is 1. The number of hydrogen-bond donors (Lipinski definition) is 1. The molecule has 0 saturated carbocycles. The van der Waals surface area contributed by atoms with E-state index >= 15 is 0 Å². The summed E-state index contributed by atoms with van der Waals surface area (Å²) >= 11 is 0. The molecule has 2 nitrogen and oxygen atoms in total. The van der Waals surface area contributed by atoms with Gasteiger partial charge in [0.1, 0.15) is 0 Å². The molecule has 0 atom stereocenters. The van der Waals surface area contributed by atoms with Gasteiger partial charge in [-0.2, -0.15) is 0 Å². The zero-order chi connectivity index (χ0) is 4.24. The van der Waals surface area contributed by atoms with Gasteiger partial charge in [-0.15, -0.1) is 0 Å². The lowest BCUT2D eigenvalue weighted by Crippen LogP contribution is -2.87. The van der Waals surface area contributed by atoms with Gasteiger partial charge in [-0.3, -0.25) is 0 Å². The Balaban J connectivity index is 0. The van der Waals surface area contributed by atoms with Gasteiger partial charge >= 0.3 is 2.85 Å². The molecule has 1 heterocycles. The van der Waals surface area contributed by atoms with Crippen LogP contribution in [-0.4, -0.2) is 26.3 Å². The summed E-state index contributed by atoms with van der Waals surface area (Å²) in [6, 6.07) is 0. The highest BCUT2D eigenvalue weighted by molar-refractivity contribution is 4.30. The van der Waals surface area contributed by atoms with E-state index in [9.17, 15) is 0 Å². The summed E-state index contributed by atoms with van der Waals surface area (Å²) in [6.07, 6.45) is 0. The summed E-state index contributed by atoms with van der Waals surface area (Å²) < 4.78 is 5.04. The number of nitrogens with two attached hydrogens (primary N) is 1. The molecule has 0 radical (unpaired) electrons. The first-order chi connectivity index (χ1) is 3.00. The molecule has 0 spiro atoms. The molecule has 1 rings (SSSR count). The highest BCUT2D eigenvalue weighted by atomic mass is 16.5. The summed E-state index contributed by atoms with van der Waals surface area (Å²) in [6.45, 7) is 4.19. The Labute approximate surface area is 40.5 Å². The molecular formula is C4H12NO+3. The highest BCUT2D eigenvalue weighted by Gasteiger charge is 1.96. The number of morpholine rings is 1. The fourth-order valence-electron chi connectivity index (χ4n) is 0.580. The maximum atomic E-state index is 5.04. The number of quaternary nitrogens is 1. The minimum Gasteiger partial charge on any atom is -0.370 e. The van der Waals surface area contributed by atoms with E-state index < -0.39 is 0 Å². The molecule has 1 aliphatic rings. The van der Waals surface area contributed by atoms with Crippen molar-refractivity contribution < 1.29 is 12.9 Å². The van der Waals surface area contributed by atoms with Crippen LogP contribution in [0, 0.1) is 0 Å². The summed E-state index contributed by atoms with van der Waals surface area (Å²) in [5.74, 6) is 0. The van der Waals surface area contributed by atoms with Gasteiger partial charge < -0.3 is 10.1 Å². The van der Waals surface area contributed by atoms with Gasteiger partial charge in [0.15, 0.2) is 0 Å². The maximum Gasteiger partial charge on any atom is 1.00 e. The Hall–Kier alpha value is -0.0800. The van der Waals surface area contributed by atoms with Crippen LogP contribution in [0.25, 0.3) is 0 Å². The summed E-state index contributed by atoms with van der Waals surface area (Å²) in [7, 11) is 0. The van der Waals surface area contributed by atoms with Gasteiger partial charge in [-0.05, 0) is 0 Å². The van der Waals surface area contributed by atoms with Crippen molar-refractivity contribution in [3.8, 4) is 0 Å². The van der Waals surface area contributed by atoms with Crippen LogP contribution in [0.5, 0.6) is 0 Å². The normalized spacial score (nSPS) is 24.0. The predicted molar refractivity (Wildman–Crippen MR) is 24.7 cm³/mol. The second-order valence-electron chi connectivity index (χ2n) is 1.48. The first-order valence-corrected chi connectivity index (χ1v) is 2.39. The Bertz CT molecular complexity index is 29.5. The first-order valence-electron chi connectivity index (χ1n) is 2.39. The van der Waals surface area contributed by atoms with Crippen LogP contribution >= 0.6 is 0 Å². The number of rotatable bonds is 0. The highest BCUT2D eigenvalue weighted by Crippen LogP contribution is 1.69. The molecule has 6 heavy (non-hydrogen) atoms. The molecule has 36 valence electrons. The van der Waals surface area contributed by atoms with Crippen molar-refractivity contribution in [1.82, 2.24) is 0 Å². The van der Waals surface area contributed by atoms with E-state index in [0.29, 0.717) is 0 Å². The predicted octanol–water partition coefficient (Wildman–Crippen LogP) is -1.19. The summed E-state index contributed by atoms with van der Waals surface area (Å²) in [5, 5.41) is 2.27. The van der Waals surface area contributed by atoms with Gasteiger partial charge in [0.05, 0.1) is 26.3 Å². The van der Waals surface area contributed by atoms with Crippen LogP contribution in [0.4, 0.5) is 0 Å². The number of ether oxygens (including phenoxy) is 1. The standard InChI is InChI=1S/C4H9NO/c1-3-6-4-2-5-1/h5H,1-4H2/p+3. The van der Waals surface area contributed by atoms with Crippen molar-refractivity contribution in [2.45, 2.75) is 0 Å². The first kappa shape index (κ1) is 4.09. The zero-order valence-corrected chi connectivity index (χ0v) is 3.81. The van der Waals surface area contributed by atoms with E-state index in [1.54, 1.807) is 0 Å². The lowest BCUT2D eigenvalue weighted by atomic mass is 10.5. The van der Waals surface area contributed by atoms with Crippen LogP contribution in [0.3, 0.4) is 0 Å². The molecular weight excluding hydrogens is 78.0 g/mol. The van der Waals surface area contributed by atoms with Crippen LogP contribution in [0.2, 0.25) is 0 Å². The van der Waals surface area contributed by atoms with Gasteiger partial charge in [0.25, 0.3) is 0 Å². The molecule has 0 amide bonds. The third-order valence-electron chi connectivity index (χ3n) is 0.933. The van der Waals surface area contributed by atoms with E-state index in [-0.39, 0.29) is 2.85 Å². The minimum atomic E-state index is 0. The third kappa shape index (κ3) is 0.954. The second kappa shape index (κ2) is 2.16. The van der Waals surface area contributed by atoms with Crippen molar-refractivity contribution >= 4 is 0 Å². The van der Waals surface area contributed by atoms with E-state index in [0.717, 1.165) is 26.3 Å². The van der Waals surface area contributed by atoms with Crippen LogP contribution in [-0.2, 0) is 4.74 Å². The average molecular weight is 90.1 g/mol. The SMILES string of the molecule is C1COCC[NH2+]1.[H+].[H+]. The Kier molecular flexibility index (Phi) is 1.47. The molecule has 0 aromatic heterocycles. The van der Waals surface area contributed by atoms with E-state index in [2.05, 4.69) is 5.32 Å². The Morgan fingerprint density at radius 2 is 2.00 bits per heavy atom. The molecule has 0 bridgehead atoms. The lowest BCUT2D eigenvalue weighted by Gasteiger charge is -2.07. The van der Waals surface area contributed by atoms with Crippen molar-refractivity contribution in [3.05, 3.63) is 0 Å². The molecule has 0 aliphatic carbocycles. The Morgan fingerprint density at radius 1 is 1.33 bits per heavy atom. The molecule has 0 aromatic rings. The van der Waals surface area contributed by atoms with E-state index in [1.165, 1.54) is 0 Å². The summed E-state index contributed by atoms with van der Waals surface area (Å²) in [4.78, 5) is 0. The van der Waals surface area contributed by atoms with Crippen molar-refractivity contribution in [2.24, 2.45) is 0 Å². The topological polar surface area (TPSA) is 25.8 Å². The molecule has 2 heteroatoms. The Morgan fingerprint density at radius 3 is 2.17 bits per heavy atom. The fraction of sp³-hybridized carbons (Fsp3) is 1.00. The van der Waals surface area contributed by atoms with Crippen molar-refractivity contribution in [3.63, 3.8) is 0 Å². The smallest absolute Gasteiger partial charge is 0.370 e. The van der Waals surface area contributed by atoms with Crippen LogP contribution in [0.1, 0.15) is 2.85 Å².